The van der Waals surface area contributed by atoms with Gasteiger partial charge in [0.2, 0.25) is 0 Å². The third-order valence-electron chi connectivity index (χ3n) is 2.28. The molecule has 0 aliphatic carbocycles. The van der Waals surface area contributed by atoms with Crippen molar-refractivity contribution in [2.45, 2.75) is 0 Å². The minimum atomic E-state index is 0.442. The number of nitrogens with zero attached hydrogens (tertiary/aromatic N) is 2. The SMILES string of the molecule is COc1ccc(-c2csc(C#N)n2)c(OC)c1. The first-order valence-corrected chi connectivity index (χ1v) is 5.74. The lowest BCUT2D eigenvalue weighted by atomic mass is 10.1. The van der Waals surface area contributed by atoms with Crippen molar-refractivity contribution in [3.05, 3.63) is 28.6 Å². The number of methoxy groups -OCH3 is 2. The van der Waals surface area contributed by atoms with E-state index in [0.717, 1.165) is 17.0 Å². The van der Waals surface area contributed by atoms with Gasteiger partial charge in [0.25, 0.3) is 0 Å². The van der Waals surface area contributed by atoms with Crippen LogP contribution in [0.25, 0.3) is 11.3 Å². The molecule has 0 saturated heterocycles. The van der Waals surface area contributed by atoms with Crippen molar-refractivity contribution in [3.8, 4) is 28.8 Å². The van der Waals surface area contributed by atoms with Gasteiger partial charge in [-0.05, 0) is 12.1 Å². The lowest BCUT2D eigenvalue weighted by Gasteiger charge is -2.08. The van der Waals surface area contributed by atoms with Crippen LogP contribution in [0.1, 0.15) is 5.01 Å². The normalized spacial score (nSPS) is 9.71. The highest BCUT2D eigenvalue weighted by atomic mass is 32.1. The summed E-state index contributed by atoms with van der Waals surface area (Å²) in [6.45, 7) is 0. The highest BCUT2D eigenvalue weighted by Gasteiger charge is 2.10. The third-order valence-corrected chi connectivity index (χ3v) is 3.03. The molecular formula is C12H10N2O2S. The molecule has 0 saturated carbocycles. The van der Waals surface area contributed by atoms with Crippen LogP contribution in [0, 0.1) is 11.3 Å². The molecule has 0 radical (unpaired) electrons. The first kappa shape index (κ1) is 11.4. The maximum Gasteiger partial charge on any atom is 0.194 e. The Morgan fingerprint density at radius 2 is 2.12 bits per heavy atom. The highest BCUT2D eigenvalue weighted by Crippen LogP contribution is 2.33. The van der Waals surface area contributed by atoms with Crippen molar-refractivity contribution in [1.29, 1.82) is 5.26 Å². The molecule has 0 spiro atoms. The van der Waals surface area contributed by atoms with Gasteiger partial charge >= 0.3 is 0 Å². The number of benzene rings is 1. The monoisotopic (exact) mass is 246 g/mol. The van der Waals surface area contributed by atoms with Crippen LogP contribution in [0.5, 0.6) is 11.5 Å². The molecule has 1 aromatic heterocycles. The number of hydrogen-bond donors (Lipinski definition) is 0. The standard InChI is InChI=1S/C12H10N2O2S/c1-15-8-3-4-9(11(5-8)16-2)10-7-17-12(6-13)14-10/h3-5,7H,1-2H3. The van der Waals surface area contributed by atoms with Crippen molar-refractivity contribution in [1.82, 2.24) is 4.98 Å². The summed E-state index contributed by atoms with van der Waals surface area (Å²) in [5.74, 6) is 1.40. The Kier molecular flexibility index (Phi) is 3.26. The van der Waals surface area contributed by atoms with E-state index >= 15 is 0 Å². The third kappa shape index (κ3) is 2.22. The summed E-state index contributed by atoms with van der Waals surface area (Å²) >= 11 is 1.31. The predicted octanol–water partition coefficient (Wildman–Crippen LogP) is 2.70. The van der Waals surface area contributed by atoms with Gasteiger partial charge in [0.05, 0.1) is 19.9 Å². The lowest BCUT2D eigenvalue weighted by Crippen LogP contribution is -1.90. The molecule has 0 N–H and O–H groups in total. The Labute approximate surface area is 103 Å². The predicted molar refractivity (Wildman–Crippen MR) is 65.4 cm³/mol. The molecule has 1 heterocycles. The molecule has 0 aliphatic heterocycles. The topological polar surface area (TPSA) is 55.1 Å². The molecule has 4 nitrogen and oxygen atoms in total. The van der Waals surface area contributed by atoms with Gasteiger partial charge in [-0.1, -0.05) is 0 Å². The van der Waals surface area contributed by atoms with Crippen LogP contribution < -0.4 is 9.47 Å². The van der Waals surface area contributed by atoms with Gasteiger partial charge in [-0.25, -0.2) is 4.98 Å². The van der Waals surface area contributed by atoms with Gasteiger partial charge in [-0.15, -0.1) is 11.3 Å². The Hall–Kier alpha value is -2.06. The smallest absolute Gasteiger partial charge is 0.194 e. The molecule has 0 atom stereocenters. The van der Waals surface area contributed by atoms with E-state index in [-0.39, 0.29) is 0 Å². The first-order chi connectivity index (χ1) is 8.28. The second-order valence-electron chi connectivity index (χ2n) is 3.22. The van der Waals surface area contributed by atoms with E-state index in [0.29, 0.717) is 10.8 Å². The molecule has 0 fully saturated rings. The Bertz CT molecular complexity index is 572. The van der Waals surface area contributed by atoms with Gasteiger partial charge in [-0.3, -0.25) is 0 Å². The Morgan fingerprint density at radius 1 is 1.29 bits per heavy atom. The van der Waals surface area contributed by atoms with E-state index in [1.807, 2.05) is 23.6 Å². The Balaban J connectivity index is 2.48. The average molecular weight is 246 g/mol. The Morgan fingerprint density at radius 3 is 2.71 bits per heavy atom. The molecule has 0 amide bonds. The van der Waals surface area contributed by atoms with Crippen molar-refractivity contribution in [2.75, 3.05) is 14.2 Å². The van der Waals surface area contributed by atoms with Crippen molar-refractivity contribution >= 4 is 11.3 Å². The highest BCUT2D eigenvalue weighted by molar-refractivity contribution is 7.10. The molecule has 5 heteroatoms. The number of rotatable bonds is 3. The minimum Gasteiger partial charge on any atom is -0.497 e. The second kappa shape index (κ2) is 4.85. The number of ether oxygens (including phenoxy) is 2. The number of nitriles is 1. The zero-order chi connectivity index (χ0) is 12.3. The number of aromatic nitrogens is 1. The molecule has 17 heavy (non-hydrogen) atoms. The molecule has 86 valence electrons. The minimum absolute atomic E-state index is 0.442. The zero-order valence-electron chi connectivity index (χ0n) is 9.43. The molecule has 2 aromatic rings. The van der Waals surface area contributed by atoms with Crippen LogP contribution in [0.15, 0.2) is 23.6 Å². The summed E-state index contributed by atoms with van der Waals surface area (Å²) in [5.41, 5.74) is 1.59. The molecule has 0 unspecified atom stereocenters. The fraction of sp³-hybridized carbons (Fsp3) is 0.167. The average Bonchev–Trinajstić information content (AvgIpc) is 2.86. The molecule has 2 rings (SSSR count). The summed E-state index contributed by atoms with van der Waals surface area (Å²) < 4.78 is 10.4. The van der Waals surface area contributed by atoms with E-state index in [1.165, 1.54) is 11.3 Å². The van der Waals surface area contributed by atoms with Gasteiger partial charge in [0, 0.05) is 17.0 Å². The fourth-order valence-corrected chi connectivity index (χ4v) is 2.07. The van der Waals surface area contributed by atoms with Gasteiger partial charge in [-0.2, -0.15) is 5.26 Å². The summed E-state index contributed by atoms with van der Waals surface area (Å²) in [6, 6.07) is 7.52. The van der Waals surface area contributed by atoms with Crippen molar-refractivity contribution in [3.63, 3.8) is 0 Å². The first-order valence-electron chi connectivity index (χ1n) is 4.86. The van der Waals surface area contributed by atoms with E-state index in [2.05, 4.69) is 4.98 Å². The van der Waals surface area contributed by atoms with Crippen LogP contribution in [0.4, 0.5) is 0 Å². The van der Waals surface area contributed by atoms with E-state index < -0.39 is 0 Å². The maximum atomic E-state index is 8.75. The largest absolute Gasteiger partial charge is 0.497 e. The quantitative estimate of drug-likeness (QED) is 0.835. The van der Waals surface area contributed by atoms with E-state index in [4.69, 9.17) is 14.7 Å². The number of thiazole rings is 1. The summed E-state index contributed by atoms with van der Waals surface area (Å²) in [5, 5.41) is 11.0. The number of hydrogen-bond acceptors (Lipinski definition) is 5. The second-order valence-corrected chi connectivity index (χ2v) is 4.07. The van der Waals surface area contributed by atoms with Gasteiger partial charge in [0.15, 0.2) is 5.01 Å². The maximum absolute atomic E-state index is 8.75. The lowest BCUT2D eigenvalue weighted by molar-refractivity contribution is 0.395. The van der Waals surface area contributed by atoms with Crippen molar-refractivity contribution < 1.29 is 9.47 Å². The van der Waals surface area contributed by atoms with Crippen molar-refractivity contribution in [2.24, 2.45) is 0 Å². The van der Waals surface area contributed by atoms with Crippen LogP contribution in [-0.4, -0.2) is 19.2 Å². The van der Waals surface area contributed by atoms with E-state index in [9.17, 15) is 0 Å². The van der Waals surface area contributed by atoms with E-state index in [1.54, 1.807) is 20.3 Å². The van der Waals surface area contributed by atoms with Gasteiger partial charge in [0.1, 0.15) is 17.6 Å². The fourth-order valence-electron chi connectivity index (χ4n) is 1.46. The van der Waals surface area contributed by atoms with Crippen LogP contribution in [0.2, 0.25) is 0 Å². The van der Waals surface area contributed by atoms with Gasteiger partial charge < -0.3 is 9.47 Å². The summed E-state index contributed by atoms with van der Waals surface area (Å²) in [7, 11) is 3.20. The van der Waals surface area contributed by atoms with Crippen LogP contribution >= 0.6 is 11.3 Å². The summed E-state index contributed by atoms with van der Waals surface area (Å²) in [6.07, 6.45) is 0. The van der Waals surface area contributed by atoms with Crippen LogP contribution in [-0.2, 0) is 0 Å². The molecule has 0 aliphatic rings. The molecular weight excluding hydrogens is 236 g/mol. The summed E-state index contributed by atoms with van der Waals surface area (Å²) in [4.78, 5) is 4.20. The molecule has 1 aromatic carbocycles. The zero-order valence-corrected chi connectivity index (χ0v) is 10.2. The molecule has 0 bridgehead atoms. The van der Waals surface area contributed by atoms with Crippen LogP contribution in [0.3, 0.4) is 0 Å².